The summed E-state index contributed by atoms with van der Waals surface area (Å²) in [5.41, 5.74) is 1.02. The molecule has 0 radical (unpaired) electrons. The first kappa shape index (κ1) is 13.0. The van der Waals surface area contributed by atoms with Crippen molar-refractivity contribution < 1.29 is 13.2 Å². The fourth-order valence-corrected chi connectivity index (χ4v) is 3.89. The minimum Gasteiger partial charge on any atom is -0.311 e. The summed E-state index contributed by atoms with van der Waals surface area (Å²) in [5, 5.41) is 2.68. The first-order chi connectivity index (χ1) is 8.44. The summed E-state index contributed by atoms with van der Waals surface area (Å²) in [6.07, 6.45) is 2.50. The largest absolute Gasteiger partial charge is 0.311 e. The predicted molar refractivity (Wildman–Crippen MR) is 69.0 cm³/mol. The number of aryl methyl sites for hydroxylation is 1. The second-order valence-electron chi connectivity index (χ2n) is 4.74. The molecule has 2 heterocycles. The van der Waals surface area contributed by atoms with Crippen molar-refractivity contribution in [3.8, 4) is 0 Å². The number of amides is 1. The molecule has 2 rings (SSSR count). The second-order valence-corrected chi connectivity index (χ2v) is 6.97. The van der Waals surface area contributed by atoms with E-state index in [0.717, 1.165) is 5.56 Å². The van der Waals surface area contributed by atoms with Gasteiger partial charge in [-0.15, -0.1) is 0 Å². The van der Waals surface area contributed by atoms with Gasteiger partial charge in [0.15, 0.2) is 9.84 Å². The van der Waals surface area contributed by atoms with Crippen LogP contribution in [0.5, 0.6) is 0 Å². The third kappa shape index (κ3) is 3.53. The topological polar surface area (TPSA) is 76.1 Å². The summed E-state index contributed by atoms with van der Waals surface area (Å²) in [4.78, 5) is 15.8. The standard InChI is InChI=1S/C12H16N2O3S/c1-9-2-3-11(13-7-9)14-12(15)6-10-4-5-18(16,17)8-10/h2-3,7,10H,4-6,8H2,1H3,(H,13,14,15). The number of rotatable bonds is 3. The highest BCUT2D eigenvalue weighted by molar-refractivity contribution is 7.91. The number of nitrogens with zero attached hydrogens (tertiary/aromatic N) is 1. The smallest absolute Gasteiger partial charge is 0.225 e. The van der Waals surface area contributed by atoms with Crippen LogP contribution in [0.3, 0.4) is 0 Å². The molecule has 1 atom stereocenters. The maximum atomic E-state index is 11.7. The summed E-state index contributed by atoms with van der Waals surface area (Å²) in [6, 6.07) is 3.60. The second kappa shape index (κ2) is 5.06. The van der Waals surface area contributed by atoms with Gasteiger partial charge in [0.25, 0.3) is 0 Å². The lowest BCUT2D eigenvalue weighted by atomic mass is 10.1. The van der Waals surface area contributed by atoms with Crippen LogP contribution in [-0.4, -0.2) is 30.8 Å². The summed E-state index contributed by atoms with van der Waals surface area (Å²) in [7, 11) is -2.92. The third-order valence-corrected chi connectivity index (χ3v) is 4.82. The van der Waals surface area contributed by atoms with Gasteiger partial charge in [-0.2, -0.15) is 0 Å². The van der Waals surface area contributed by atoms with Crippen molar-refractivity contribution in [2.45, 2.75) is 19.8 Å². The normalized spacial score (nSPS) is 21.7. The van der Waals surface area contributed by atoms with E-state index >= 15 is 0 Å². The highest BCUT2D eigenvalue weighted by atomic mass is 32.2. The molecule has 0 aromatic carbocycles. The Kier molecular flexibility index (Phi) is 3.65. The van der Waals surface area contributed by atoms with Crippen LogP contribution in [0.2, 0.25) is 0 Å². The average molecular weight is 268 g/mol. The molecule has 1 amide bonds. The van der Waals surface area contributed by atoms with Gasteiger partial charge in [0, 0.05) is 12.6 Å². The fraction of sp³-hybridized carbons (Fsp3) is 0.500. The van der Waals surface area contributed by atoms with E-state index < -0.39 is 9.84 Å². The lowest BCUT2D eigenvalue weighted by Crippen LogP contribution is -2.18. The lowest BCUT2D eigenvalue weighted by Gasteiger charge is -2.08. The van der Waals surface area contributed by atoms with E-state index in [-0.39, 0.29) is 29.8 Å². The Morgan fingerprint density at radius 2 is 2.28 bits per heavy atom. The molecule has 1 unspecified atom stereocenters. The number of carbonyl (C=O) groups is 1. The Bertz CT molecular complexity index is 537. The summed E-state index contributed by atoms with van der Waals surface area (Å²) >= 11 is 0. The molecule has 6 heteroatoms. The molecule has 0 aliphatic carbocycles. The van der Waals surface area contributed by atoms with Crippen molar-refractivity contribution in [2.75, 3.05) is 16.8 Å². The fourth-order valence-electron chi connectivity index (χ4n) is 2.03. The molecule has 0 bridgehead atoms. The molecule has 1 fully saturated rings. The van der Waals surface area contributed by atoms with Gasteiger partial charge in [-0.3, -0.25) is 4.79 Å². The van der Waals surface area contributed by atoms with E-state index in [1.807, 2.05) is 13.0 Å². The van der Waals surface area contributed by atoms with E-state index in [1.54, 1.807) is 12.3 Å². The van der Waals surface area contributed by atoms with Gasteiger partial charge in [-0.05, 0) is 30.9 Å². The van der Waals surface area contributed by atoms with Crippen LogP contribution in [0.4, 0.5) is 5.82 Å². The Hall–Kier alpha value is -1.43. The predicted octanol–water partition coefficient (Wildman–Crippen LogP) is 1.15. The maximum absolute atomic E-state index is 11.7. The van der Waals surface area contributed by atoms with Crippen molar-refractivity contribution in [1.29, 1.82) is 0 Å². The Labute approximate surface area is 107 Å². The number of hydrogen-bond acceptors (Lipinski definition) is 4. The molecule has 98 valence electrons. The molecule has 1 saturated heterocycles. The van der Waals surface area contributed by atoms with Crippen LogP contribution < -0.4 is 5.32 Å². The van der Waals surface area contributed by atoms with E-state index in [4.69, 9.17) is 0 Å². The van der Waals surface area contributed by atoms with Crippen LogP contribution in [0.1, 0.15) is 18.4 Å². The van der Waals surface area contributed by atoms with Gasteiger partial charge >= 0.3 is 0 Å². The van der Waals surface area contributed by atoms with E-state index in [9.17, 15) is 13.2 Å². The number of sulfone groups is 1. The Balaban J connectivity index is 1.88. The van der Waals surface area contributed by atoms with Crippen molar-refractivity contribution in [2.24, 2.45) is 5.92 Å². The molecule has 18 heavy (non-hydrogen) atoms. The van der Waals surface area contributed by atoms with Gasteiger partial charge in [-0.1, -0.05) is 6.07 Å². The van der Waals surface area contributed by atoms with Crippen LogP contribution >= 0.6 is 0 Å². The van der Waals surface area contributed by atoms with Gasteiger partial charge in [0.2, 0.25) is 5.91 Å². The molecule has 1 aromatic rings. The van der Waals surface area contributed by atoms with Crippen molar-refractivity contribution in [3.63, 3.8) is 0 Å². The van der Waals surface area contributed by atoms with Crippen LogP contribution in [0, 0.1) is 12.8 Å². The zero-order valence-electron chi connectivity index (χ0n) is 10.2. The highest BCUT2D eigenvalue weighted by Crippen LogP contribution is 2.21. The number of anilines is 1. The third-order valence-electron chi connectivity index (χ3n) is 2.98. The molecule has 1 aliphatic heterocycles. The monoisotopic (exact) mass is 268 g/mol. The lowest BCUT2D eigenvalue weighted by molar-refractivity contribution is -0.116. The molecular formula is C12H16N2O3S. The molecule has 1 N–H and O–H groups in total. The maximum Gasteiger partial charge on any atom is 0.225 e. The minimum absolute atomic E-state index is 0.0551. The molecule has 0 spiro atoms. The minimum atomic E-state index is -2.92. The van der Waals surface area contributed by atoms with Crippen molar-refractivity contribution in [3.05, 3.63) is 23.9 Å². The van der Waals surface area contributed by atoms with Crippen molar-refractivity contribution in [1.82, 2.24) is 4.98 Å². The SMILES string of the molecule is Cc1ccc(NC(=O)CC2CCS(=O)(=O)C2)nc1. The van der Waals surface area contributed by atoms with Crippen LogP contribution in [0.15, 0.2) is 18.3 Å². The number of hydrogen-bond donors (Lipinski definition) is 1. The van der Waals surface area contributed by atoms with Crippen molar-refractivity contribution >= 4 is 21.6 Å². The Morgan fingerprint density at radius 1 is 1.50 bits per heavy atom. The number of aromatic nitrogens is 1. The first-order valence-corrected chi connectivity index (χ1v) is 7.70. The Morgan fingerprint density at radius 3 is 2.83 bits per heavy atom. The molecule has 1 aliphatic rings. The molecule has 0 saturated carbocycles. The van der Waals surface area contributed by atoms with E-state index in [0.29, 0.717) is 12.2 Å². The van der Waals surface area contributed by atoms with Crippen LogP contribution in [0.25, 0.3) is 0 Å². The van der Waals surface area contributed by atoms with E-state index in [2.05, 4.69) is 10.3 Å². The first-order valence-electron chi connectivity index (χ1n) is 5.87. The zero-order valence-corrected chi connectivity index (χ0v) is 11.0. The summed E-state index contributed by atoms with van der Waals surface area (Å²) in [5.74, 6) is 0.607. The van der Waals surface area contributed by atoms with Gasteiger partial charge in [0.1, 0.15) is 5.82 Å². The van der Waals surface area contributed by atoms with E-state index in [1.165, 1.54) is 0 Å². The number of pyridine rings is 1. The quantitative estimate of drug-likeness (QED) is 0.892. The van der Waals surface area contributed by atoms with Gasteiger partial charge in [0.05, 0.1) is 11.5 Å². The number of nitrogens with one attached hydrogen (secondary N) is 1. The summed E-state index contributed by atoms with van der Waals surface area (Å²) < 4.78 is 22.5. The van der Waals surface area contributed by atoms with Crippen LogP contribution in [-0.2, 0) is 14.6 Å². The van der Waals surface area contributed by atoms with Gasteiger partial charge in [-0.25, -0.2) is 13.4 Å². The van der Waals surface area contributed by atoms with Gasteiger partial charge < -0.3 is 5.32 Å². The number of carbonyl (C=O) groups excluding carboxylic acids is 1. The highest BCUT2D eigenvalue weighted by Gasteiger charge is 2.29. The molecular weight excluding hydrogens is 252 g/mol. The zero-order chi connectivity index (χ0) is 13.2. The molecule has 1 aromatic heterocycles. The molecule has 5 nitrogen and oxygen atoms in total. The summed E-state index contributed by atoms with van der Waals surface area (Å²) in [6.45, 7) is 1.92. The average Bonchev–Trinajstić information content (AvgIpc) is 2.61.